The molecule has 2 aromatic rings. The maximum absolute atomic E-state index is 5.95. The van der Waals surface area contributed by atoms with Gasteiger partial charge in [0.1, 0.15) is 5.69 Å². The second-order valence-electron chi connectivity index (χ2n) is 3.97. The molecule has 6 heteroatoms. The second kappa shape index (κ2) is 2.66. The molecule has 0 aromatic carbocycles. The molecule has 0 saturated heterocycles. The van der Waals surface area contributed by atoms with Gasteiger partial charge in [-0.3, -0.25) is 0 Å². The zero-order valence-corrected chi connectivity index (χ0v) is 8.34. The van der Waals surface area contributed by atoms with Crippen LogP contribution in [0.5, 0.6) is 0 Å². The van der Waals surface area contributed by atoms with Crippen LogP contribution in [0.2, 0.25) is 0 Å². The number of nitrogens with zero attached hydrogens (tertiary/aromatic N) is 4. The maximum atomic E-state index is 5.95. The largest absolute Gasteiger partial charge is 0.337 e. The first kappa shape index (κ1) is 8.60. The summed E-state index contributed by atoms with van der Waals surface area (Å²) in [5.41, 5.74) is 6.41. The molecule has 1 fully saturated rings. The van der Waals surface area contributed by atoms with Gasteiger partial charge in [0, 0.05) is 7.05 Å². The van der Waals surface area contributed by atoms with Gasteiger partial charge < -0.3 is 14.8 Å². The van der Waals surface area contributed by atoms with E-state index in [-0.39, 0.29) is 5.54 Å². The molecule has 78 valence electrons. The van der Waals surface area contributed by atoms with Gasteiger partial charge in [-0.15, -0.1) is 0 Å². The lowest BCUT2D eigenvalue weighted by Crippen LogP contribution is -2.18. The summed E-state index contributed by atoms with van der Waals surface area (Å²) in [7, 11) is 1.88. The number of hydrogen-bond acceptors (Lipinski definition) is 5. The maximum Gasteiger partial charge on any atom is 0.247 e. The molecule has 0 radical (unpaired) electrons. The highest BCUT2D eigenvalue weighted by Gasteiger charge is 2.45. The van der Waals surface area contributed by atoms with E-state index in [0.29, 0.717) is 11.7 Å². The number of hydrogen-bond donors (Lipinski definition) is 1. The van der Waals surface area contributed by atoms with Crippen LogP contribution in [-0.4, -0.2) is 19.7 Å². The first-order valence-corrected chi connectivity index (χ1v) is 4.79. The van der Waals surface area contributed by atoms with Crippen molar-refractivity contribution in [3.05, 3.63) is 18.4 Å². The fraction of sp³-hybridized carbons (Fsp3) is 0.444. The number of aromatic nitrogens is 4. The smallest absolute Gasteiger partial charge is 0.247 e. The molecule has 2 aromatic heterocycles. The highest BCUT2D eigenvalue weighted by Crippen LogP contribution is 2.41. The van der Waals surface area contributed by atoms with E-state index in [1.54, 1.807) is 12.5 Å². The highest BCUT2D eigenvalue weighted by atomic mass is 16.5. The molecule has 3 rings (SSSR count). The standard InChI is InChI=1S/C9H11N5O/c1-14-5-11-4-6(14)7-12-8(15-13-7)9(10)2-3-9/h4-5H,2-3,10H2,1H3. The first-order valence-electron chi connectivity index (χ1n) is 4.79. The van der Waals surface area contributed by atoms with E-state index in [1.807, 2.05) is 11.6 Å². The third-order valence-corrected chi connectivity index (χ3v) is 2.69. The van der Waals surface area contributed by atoms with Crippen LogP contribution in [0, 0.1) is 0 Å². The first-order chi connectivity index (χ1) is 7.19. The highest BCUT2D eigenvalue weighted by molar-refractivity contribution is 5.47. The third-order valence-electron chi connectivity index (χ3n) is 2.69. The molecule has 2 N–H and O–H groups in total. The summed E-state index contributed by atoms with van der Waals surface area (Å²) < 4.78 is 6.98. The van der Waals surface area contributed by atoms with Crippen molar-refractivity contribution in [1.29, 1.82) is 0 Å². The SMILES string of the molecule is Cn1cncc1-c1noc(C2(N)CC2)n1. The molecule has 2 heterocycles. The fourth-order valence-corrected chi connectivity index (χ4v) is 1.45. The lowest BCUT2D eigenvalue weighted by Gasteiger charge is -1.98. The van der Waals surface area contributed by atoms with Crippen molar-refractivity contribution in [2.24, 2.45) is 12.8 Å². The molecule has 1 saturated carbocycles. The van der Waals surface area contributed by atoms with Crippen LogP contribution >= 0.6 is 0 Å². The fourth-order valence-electron chi connectivity index (χ4n) is 1.45. The summed E-state index contributed by atoms with van der Waals surface area (Å²) in [5.74, 6) is 1.07. The molecule has 6 nitrogen and oxygen atoms in total. The normalized spacial score (nSPS) is 18.0. The molecule has 0 amide bonds. The second-order valence-corrected chi connectivity index (χ2v) is 3.97. The number of imidazole rings is 1. The van der Waals surface area contributed by atoms with Crippen molar-refractivity contribution in [3.8, 4) is 11.5 Å². The van der Waals surface area contributed by atoms with Gasteiger partial charge in [0.15, 0.2) is 0 Å². The van der Waals surface area contributed by atoms with E-state index in [4.69, 9.17) is 10.3 Å². The van der Waals surface area contributed by atoms with Crippen LogP contribution in [-0.2, 0) is 12.6 Å². The van der Waals surface area contributed by atoms with Crippen LogP contribution in [0.15, 0.2) is 17.0 Å². The minimum atomic E-state index is -0.371. The molecular weight excluding hydrogens is 194 g/mol. The van der Waals surface area contributed by atoms with Gasteiger partial charge >= 0.3 is 0 Å². The Kier molecular flexibility index (Phi) is 1.53. The van der Waals surface area contributed by atoms with Crippen LogP contribution in [0.4, 0.5) is 0 Å². The van der Waals surface area contributed by atoms with Gasteiger partial charge in [0.2, 0.25) is 11.7 Å². The Morgan fingerprint density at radius 1 is 1.53 bits per heavy atom. The third kappa shape index (κ3) is 1.25. The van der Waals surface area contributed by atoms with Crippen molar-refractivity contribution in [3.63, 3.8) is 0 Å². The van der Waals surface area contributed by atoms with Gasteiger partial charge in [-0.25, -0.2) is 4.98 Å². The van der Waals surface area contributed by atoms with Crippen LogP contribution in [0.3, 0.4) is 0 Å². The van der Waals surface area contributed by atoms with Crippen LogP contribution in [0.1, 0.15) is 18.7 Å². The van der Waals surface area contributed by atoms with E-state index in [9.17, 15) is 0 Å². The minimum Gasteiger partial charge on any atom is -0.337 e. The lowest BCUT2D eigenvalue weighted by atomic mass is 10.3. The Bertz CT molecular complexity index is 496. The Hall–Kier alpha value is -1.69. The monoisotopic (exact) mass is 205 g/mol. The van der Waals surface area contributed by atoms with Crippen LogP contribution < -0.4 is 5.73 Å². The van der Waals surface area contributed by atoms with Crippen molar-refractivity contribution in [1.82, 2.24) is 19.7 Å². The van der Waals surface area contributed by atoms with Crippen molar-refractivity contribution < 1.29 is 4.52 Å². The molecule has 0 bridgehead atoms. The van der Waals surface area contributed by atoms with Gasteiger partial charge in [0.25, 0.3) is 0 Å². The van der Waals surface area contributed by atoms with E-state index in [0.717, 1.165) is 18.5 Å². The predicted octanol–water partition coefficient (Wildman–Crippen LogP) is 0.418. The molecule has 0 aliphatic heterocycles. The summed E-state index contributed by atoms with van der Waals surface area (Å²) in [6, 6.07) is 0. The topological polar surface area (TPSA) is 82.8 Å². The van der Waals surface area contributed by atoms with E-state index < -0.39 is 0 Å². The Balaban J connectivity index is 2.01. The molecule has 0 atom stereocenters. The van der Waals surface area contributed by atoms with Gasteiger partial charge in [-0.05, 0) is 12.8 Å². The molecule has 0 unspecified atom stereocenters. The van der Waals surface area contributed by atoms with Gasteiger partial charge in [0.05, 0.1) is 18.1 Å². The number of nitrogens with two attached hydrogens (primary N) is 1. The zero-order valence-electron chi connectivity index (χ0n) is 8.34. The average Bonchev–Trinajstić information content (AvgIpc) is 2.70. The van der Waals surface area contributed by atoms with Gasteiger partial charge in [-0.2, -0.15) is 4.98 Å². The van der Waals surface area contributed by atoms with E-state index >= 15 is 0 Å². The molecule has 1 aliphatic carbocycles. The van der Waals surface area contributed by atoms with Gasteiger partial charge in [-0.1, -0.05) is 5.16 Å². The molecular formula is C9H11N5O. The Morgan fingerprint density at radius 2 is 2.33 bits per heavy atom. The molecule has 15 heavy (non-hydrogen) atoms. The molecule has 1 aliphatic rings. The Morgan fingerprint density at radius 3 is 2.93 bits per heavy atom. The summed E-state index contributed by atoms with van der Waals surface area (Å²) in [5, 5.41) is 3.90. The van der Waals surface area contributed by atoms with E-state index in [2.05, 4.69) is 15.1 Å². The van der Waals surface area contributed by atoms with Crippen molar-refractivity contribution in [2.75, 3.05) is 0 Å². The molecule has 0 spiro atoms. The summed E-state index contributed by atoms with van der Waals surface area (Å²) in [6.45, 7) is 0. The summed E-state index contributed by atoms with van der Waals surface area (Å²) in [4.78, 5) is 8.28. The summed E-state index contributed by atoms with van der Waals surface area (Å²) >= 11 is 0. The average molecular weight is 205 g/mol. The minimum absolute atomic E-state index is 0.371. The predicted molar refractivity (Wildman–Crippen MR) is 51.6 cm³/mol. The summed E-state index contributed by atoms with van der Waals surface area (Å²) in [6.07, 6.45) is 5.23. The quantitative estimate of drug-likeness (QED) is 0.768. The zero-order chi connectivity index (χ0) is 10.5. The van der Waals surface area contributed by atoms with Crippen LogP contribution in [0.25, 0.3) is 11.5 Å². The van der Waals surface area contributed by atoms with E-state index in [1.165, 1.54) is 0 Å². The Labute approximate surface area is 86.1 Å². The lowest BCUT2D eigenvalue weighted by molar-refractivity contribution is 0.348. The number of rotatable bonds is 2. The van der Waals surface area contributed by atoms with Crippen molar-refractivity contribution in [2.45, 2.75) is 18.4 Å². The number of aryl methyl sites for hydroxylation is 1. The van der Waals surface area contributed by atoms with Crippen molar-refractivity contribution >= 4 is 0 Å².